The number of aryl methyl sites for hydroxylation is 1. The van der Waals surface area contributed by atoms with Gasteiger partial charge in [0.15, 0.2) is 0 Å². The maximum atomic E-state index is 5.60. The summed E-state index contributed by atoms with van der Waals surface area (Å²) < 4.78 is 5.60. The molecule has 0 heterocycles. The molecule has 0 saturated carbocycles. The summed E-state index contributed by atoms with van der Waals surface area (Å²) in [6, 6.07) is 4.29. The van der Waals surface area contributed by atoms with Gasteiger partial charge in [-0.15, -0.1) is 0 Å². The molecule has 0 fully saturated rings. The van der Waals surface area contributed by atoms with Crippen molar-refractivity contribution in [3.8, 4) is 5.75 Å². The van der Waals surface area contributed by atoms with Crippen LogP contribution < -0.4 is 4.74 Å². The van der Waals surface area contributed by atoms with Crippen molar-refractivity contribution < 1.29 is 4.74 Å². The van der Waals surface area contributed by atoms with E-state index in [2.05, 4.69) is 19.1 Å². The highest BCUT2D eigenvalue weighted by atomic mass is 16.5. The van der Waals surface area contributed by atoms with Gasteiger partial charge < -0.3 is 4.74 Å². The molecule has 0 aromatic heterocycles. The van der Waals surface area contributed by atoms with Crippen LogP contribution in [0.2, 0.25) is 0 Å². The number of hydrogen-bond acceptors (Lipinski definition) is 1. The fourth-order valence-corrected chi connectivity index (χ4v) is 2.14. The van der Waals surface area contributed by atoms with Gasteiger partial charge in [-0.2, -0.15) is 0 Å². The van der Waals surface area contributed by atoms with E-state index in [0.29, 0.717) is 0 Å². The molecule has 1 aromatic carbocycles. The van der Waals surface area contributed by atoms with E-state index in [1.807, 2.05) is 20.8 Å². The zero-order valence-electron chi connectivity index (χ0n) is 10.4. The summed E-state index contributed by atoms with van der Waals surface area (Å²) in [6.45, 7) is 9.01. The van der Waals surface area contributed by atoms with Gasteiger partial charge in [-0.1, -0.05) is 19.9 Å². The van der Waals surface area contributed by atoms with Gasteiger partial charge in [-0.25, -0.2) is 0 Å². The minimum Gasteiger partial charge on any atom is -0.494 e. The van der Waals surface area contributed by atoms with Crippen molar-refractivity contribution in [1.82, 2.24) is 0 Å². The SMILES string of the molecule is CC.CCOc1ccc(C)c2c1CCC2. The minimum absolute atomic E-state index is 0.773. The van der Waals surface area contributed by atoms with E-state index < -0.39 is 0 Å². The van der Waals surface area contributed by atoms with Crippen LogP contribution in [0.25, 0.3) is 0 Å². The first-order valence-electron chi connectivity index (χ1n) is 6.07. The van der Waals surface area contributed by atoms with Gasteiger partial charge in [0.1, 0.15) is 5.75 Å². The number of hydrogen-bond donors (Lipinski definition) is 0. The molecule has 1 aliphatic rings. The first-order valence-corrected chi connectivity index (χ1v) is 6.07. The lowest BCUT2D eigenvalue weighted by Crippen LogP contribution is -1.97. The van der Waals surface area contributed by atoms with Gasteiger partial charge in [0.25, 0.3) is 0 Å². The van der Waals surface area contributed by atoms with Crippen LogP contribution in [0.5, 0.6) is 5.75 Å². The molecule has 0 amide bonds. The Hall–Kier alpha value is -0.980. The molecule has 0 radical (unpaired) electrons. The van der Waals surface area contributed by atoms with Gasteiger partial charge in [0.2, 0.25) is 0 Å². The highest BCUT2D eigenvalue weighted by Crippen LogP contribution is 2.32. The molecule has 15 heavy (non-hydrogen) atoms. The van der Waals surface area contributed by atoms with Crippen LogP contribution in [0.1, 0.15) is 43.9 Å². The lowest BCUT2D eigenvalue weighted by Gasteiger charge is -2.10. The zero-order chi connectivity index (χ0) is 11.3. The summed E-state index contributed by atoms with van der Waals surface area (Å²) >= 11 is 0. The summed E-state index contributed by atoms with van der Waals surface area (Å²) in [6.07, 6.45) is 3.73. The van der Waals surface area contributed by atoms with Crippen molar-refractivity contribution in [3.05, 3.63) is 28.8 Å². The molecular formula is C14H22O. The Morgan fingerprint density at radius 3 is 2.47 bits per heavy atom. The van der Waals surface area contributed by atoms with Gasteiger partial charge in [-0.3, -0.25) is 0 Å². The Kier molecular flexibility index (Phi) is 4.67. The minimum atomic E-state index is 0.773. The molecule has 0 bridgehead atoms. The van der Waals surface area contributed by atoms with E-state index >= 15 is 0 Å². The Morgan fingerprint density at radius 2 is 1.80 bits per heavy atom. The normalized spacial score (nSPS) is 12.8. The predicted molar refractivity (Wildman–Crippen MR) is 65.7 cm³/mol. The summed E-state index contributed by atoms with van der Waals surface area (Å²) in [7, 11) is 0. The number of ether oxygens (including phenoxy) is 1. The second-order valence-electron chi connectivity index (χ2n) is 3.62. The predicted octanol–water partition coefficient (Wildman–Crippen LogP) is 3.91. The molecule has 1 heteroatoms. The average Bonchev–Trinajstić information content (AvgIpc) is 2.75. The fourth-order valence-electron chi connectivity index (χ4n) is 2.14. The Bertz CT molecular complexity index is 315. The quantitative estimate of drug-likeness (QED) is 0.713. The van der Waals surface area contributed by atoms with Crippen molar-refractivity contribution in [2.24, 2.45) is 0 Å². The van der Waals surface area contributed by atoms with Crippen molar-refractivity contribution in [1.29, 1.82) is 0 Å². The van der Waals surface area contributed by atoms with Crippen LogP contribution >= 0.6 is 0 Å². The molecule has 0 N–H and O–H groups in total. The first-order chi connectivity index (χ1) is 7.33. The standard InChI is InChI=1S/C12H16O.C2H6/c1-3-13-12-8-7-9(2)10-5-4-6-11(10)12;1-2/h7-8H,3-6H2,1-2H3;1-2H3. The Morgan fingerprint density at radius 1 is 1.13 bits per heavy atom. The summed E-state index contributed by atoms with van der Waals surface area (Å²) in [5.41, 5.74) is 4.42. The molecular weight excluding hydrogens is 184 g/mol. The first kappa shape index (κ1) is 12.1. The molecule has 1 nitrogen and oxygen atoms in total. The lowest BCUT2D eigenvalue weighted by molar-refractivity contribution is 0.337. The fraction of sp³-hybridized carbons (Fsp3) is 0.571. The van der Waals surface area contributed by atoms with E-state index in [1.165, 1.54) is 36.0 Å². The second-order valence-corrected chi connectivity index (χ2v) is 3.62. The maximum absolute atomic E-state index is 5.60. The molecule has 0 atom stereocenters. The third-order valence-electron chi connectivity index (χ3n) is 2.78. The Balaban J connectivity index is 0.000000531. The average molecular weight is 206 g/mol. The van der Waals surface area contributed by atoms with Gasteiger partial charge in [0, 0.05) is 0 Å². The van der Waals surface area contributed by atoms with Crippen LogP contribution in [0.15, 0.2) is 12.1 Å². The van der Waals surface area contributed by atoms with Gasteiger partial charge >= 0.3 is 0 Å². The third-order valence-corrected chi connectivity index (χ3v) is 2.78. The van der Waals surface area contributed by atoms with E-state index in [1.54, 1.807) is 0 Å². The highest BCUT2D eigenvalue weighted by Gasteiger charge is 2.17. The molecule has 0 spiro atoms. The van der Waals surface area contributed by atoms with Crippen LogP contribution in [0, 0.1) is 6.92 Å². The smallest absolute Gasteiger partial charge is 0.122 e. The maximum Gasteiger partial charge on any atom is 0.122 e. The van der Waals surface area contributed by atoms with Gasteiger partial charge in [-0.05, 0) is 55.9 Å². The van der Waals surface area contributed by atoms with Crippen LogP contribution in [0.3, 0.4) is 0 Å². The number of fused-ring (bicyclic) bond motifs is 1. The summed E-state index contributed by atoms with van der Waals surface area (Å²) in [5.74, 6) is 1.11. The molecule has 0 saturated heterocycles. The summed E-state index contributed by atoms with van der Waals surface area (Å²) in [4.78, 5) is 0. The van der Waals surface area contributed by atoms with Crippen LogP contribution in [-0.4, -0.2) is 6.61 Å². The van der Waals surface area contributed by atoms with Crippen LogP contribution in [0.4, 0.5) is 0 Å². The topological polar surface area (TPSA) is 9.23 Å². The van der Waals surface area contributed by atoms with E-state index in [9.17, 15) is 0 Å². The molecule has 1 aliphatic carbocycles. The molecule has 1 aromatic rings. The third kappa shape index (κ3) is 2.53. The number of rotatable bonds is 2. The number of benzene rings is 1. The van der Waals surface area contributed by atoms with Crippen molar-refractivity contribution in [3.63, 3.8) is 0 Å². The largest absolute Gasteiger partial charge is 0.494 e. The monoisotopic (exact) mass is 206 g/mol. The molecule has 0 aliphatic heterocycles. The molecule has 2 rings (SSSR count). The highest BCUT2D eigenvalue weighted by molar-refractivity contribution is 5.47. The van der Waals surface area contributed by atoms with Gasteiger partial charge in [0.05, 0.1) is 6.61 Å². The van der Waals surface area contributed by atoms with Crippen molar-refractivity contribution in [2.45, 2.75) is 47.0 Å². The van der Waals surface area contributed by atoms with E-state index in [-0.39, 0.29) is 0 Å². The second kappa shape index (κ2) is 5.79. The van der Waals surface area contributed by atoms with Crippen molar-refractivity contribution >= 4 is 0 Å². The Labute approximate surface area is 93.5 Å². The molecule has 84 valence electrons. The zero-order valence-corrected chi connectivity index (χ0v) is 10.4. The summed E-state index contributed by atoms with van der Waals surface area (Å²) in [5, 5.41) is 0. The van der Waals surface area contributed by atoms with Crippen molar-refractivity contribution in [2.75, 3.05) is 6.61 Å². The molecule has 0 unspecified atom stereocenters. The lowest BCUT2D eigenvalue weighted by atomic mass is 10.0. The van der Waals surface area contributed by atoms with Crippen LogP contribution in [-0.2, 0) is 12.8 Å². The van der Waals surface area contributed by atoms with E-state index in [0.717, 1.165) is 12.4 Å². The van der Waals surface area contributed by atoms with E-state index in [4.69, 9.17) is 4.74 Å².